The molecule has 2 aromatic rings. The minimum Gasteiger partial charge on any atom is -0.497 e. The molecule has 1 aliphatic rings. The molecule has 2 aromatic carbocycles. The molecule has 1 saturated heterocycles. The van der Waals surface area contributed by atoms with Gasteiger partial charge in [0.25, 0.3) is 0 Å². The molecule has 0 bridgehead atoms. The molecule has 2 amide bonds. The molecular weight excluding hydrogens is 366 g/mol. The lowest BCUT2D eigenvalue weighted by Crippen LogP contribution is -2.52. The van der Waals surface area contributed by atoms with E-state index in [1.165, 1.54) is 11.3 Å². The minimum atomic E-state index is -0.0295. The average molecular weight is 398 g/mol. The number of carbonyl (C=O) groups excluding carboxylic acids is 1. The van der Waals surface area contributed by atoms with Gasteiger partial charge in [0.1, 0.15) is 18.1 Å². The third kappa shape index (κ3) is 5.79. The molecule has 0 atom stereocenters. The maximum atomic E-state index is 12.4. The zero-order chi connectivity index (χ0) is 20.6. The van der Waals surface area contributed by atoms with Crippen molar-refractivity contribution in [2.45, 2.75) is 19.8 Å². The number of benzene rings is 2. The van der Waals surface area contributed by atoms with Crippen LogP contribution in [0.15, 0.2) is 48.5 Å². The maximum Gasteiger partial charge on any atom is 0.317 e. The molecule has 0 aliphatic carbocycles. The Bertz CT molecular complexity index is 767. The number of hydrogen-bond acceptors (Lipinski definition) is 4. The van der Waals surface area contributed by atoms with Crippen molar-refractivity contribution in [3.05, 3.63) is 54.1 Å². The number of carbonyl (C=O) groups is 1. The van der Waals surface area contributed by atoms with Crippen LogP contribution in [-0.2, 0) is 0 Å². The molecule has 6 heteroatoms. The van der Waals surface area contributed by atoms with Crippen LogP contribution in [-0.4, -0.2) is 57.4 Å². The smallest absolute Gasteiger partial charge is 0.317 e. The Hall–Kier alpha value is -2.89. The first kappa shape index (κ1) is 20.8. The number of anilines is 1. The van der Waals surface area contributed by atoms with Gasteiger partial charge in [0.05, 0.1) is 13.7 Å². The fourth-order valence-electron chi connectivity index (χ4n) is 3.35. The lowest BCUT2D eigenvalue weighted by molar-refractivity contribution is 0.191. The number of urea groups is 1. The van der Waals surface area contributed by atoms with Gasteiger partial charge in [0.15, 0.2) is 0 Å². The van der Waals surface area contributed by atoms with Crippen LogP contribution in [0.4, 0.5) is 10.5 Å². The predicted octanol–water partition coefficient (Wildman–Crippen LogP) is 3.73. The molecule has 156 valence electrons. The summed E-state index contributed by atoms with van der Waals surface area (Å²) in [6.45, 7) is 8.44. The van der Waals surface area contributed by atoms with E-state index < -0.39 is 0 Å². The van der Waals surface area contributed by atoms with E-state index in [-0.39, 0.29) is 6.03 Å². The second-order valence-corrected chi connectivity index (χ2v) is 7.48. The molecule has 29 heavy (non-hydrogen) atoms. The van der Waals surface area contributed by atoms with Gasteiger partial charge in [0.2, 0.25) is 0 Å². The number of amides is 2. The van der Waals surface area contributed by atoms with Gasteiger partial charge in [-0.3, -0.25) is 0 Å². The van der Waals surface area contributed by atoms with E-state index in [2.05, 4.69) is 48.3 Å². The van der Waals surface area contributed by atoms with Gasteiger partial charge >= 0.3 is 6.03 Å². The van der Waals surface area contributed by atoms with Crippen LogP contribution in [0.1, 0.15) is 25.3 Å². The molecule has 1 heterocycles. The zero-order valence-electron chi connectivity index (χ0n) is 17.6. The summed E-state index contributed by atoms with van der Waals surface area (Å²) in [6.07, 6.45) is 0. The number of nitrogens with one attached hydrogen (secondary N) is 1. The van der Waals surface area contributed by atoms with Gasteiger partial charge in [-0.15, -0.1) is 0 Å². The third-order valence-corrected chi connectivity index (χ3v) is 5.20. The van der Waals surface area contributed by atoms with E-state index in [4.69, 9.17) is 9.47 Å². The van der Waals surface area contributed by atoms with Gasteiger partial charge in [-0.1, -0.05) is 26.0 Å². The first-order valence-corrected chi connectivity index (χ1v) is 10.2. The summed E-state index contributed by atoms with van der Waals surface area (Å²) in [4.78, 5) is 16.6. The SMILES string of the molecule is COc1ccc(OCCNC(=O)N2CCN(c3ccc(C(C)C)cc3)CC2)cc1. The Labute approximate surface area is 173 Å². The number of methoxy groups -OCH3 is 1. The second-order valence-electron chi connectivity index (χ2n) is 7.48. The highest BCUT2D eigenvalue weighted by Gasteiger charge is 2.21. The molecule has 0 saturated carbocycles. The number of piperazine rings is 1. The van der Waals surface area contributed by atoms with E-state index in [1.54, 1.807) is 7.11 Å². The molecule has 3 rings (SSSR count). The molecule has 0 unspecified atom stereocenters. The van der Waals surface area contributed by atoms with Crippen LogP contribution in [0.2, 0.25) is 0 Å². The first-order valence-electron chi connectivity index (χ1n) is 10.2. The lowest BCUT2D eigenvalue weighted by atomic mass is 10.0. The van der Waals surface area contributed by atoms with E-state index >= 15 is 0 Å². The van der Waals surface area contributed by atoms with E-state index in [0.29, 0.717) is 19.1 Å². The van der Waals surface area contributed by atoms with E-state index in [9.17, 15) is 4.79 Å². The van der Waals surface area contributed by atoms with E-state index in [0.717, 1.165) is 37.7 Å². The molecule has 0 spiro atoms. The first-order chi connectivity index (χ1) is 14.1. The maximum absolute atomic E-state index is 12.4. The third-order valence-electron chi connectivity index (χ3n) is 5.20. The van der Waals surface area contributed by atoms with Crippen molar-refractivity contribution >= 4 is 11.7 Å². The Morgan fingerprint density at radius 3 is 2.17 bits per heavy atom. The highest BCUT2D eigenvalue weighted by atomic mass is 16.5. The fourth-order valence-corrected chi connectivity index (χ4v) is 3.35. The Balaban J connectivity index is 1.37. The summed E-state index contributed by atoms with van der Waals surface area (Å²) in [6, 6.07) is 16.1. The van der Waals surface area contributed by atoms with Crippen LogP contribution in [0.3, 0.4) is 0 Å². The van der Waals surface area contributed by atoms with Crippen molar-refractivity contribution in [1.82, 2.24) is 10.2 Å². The molecule has 1 fully saturated rings. The zero-order valence-corrected chi connectivity index (χ0v) is 17.6. The summed E-state index contributed by atoms with van der Waals surface area (Å²) in [5.74, 6) is 2.09. The van der Waals surface area contributed by atoms with Crippen molar-refractivity contribution < 1.29 is 14.3 Å². The second kappa shape index (κ2) is 10.0. The highest BCUT2D eigenvalue weighted by molar-refractivity contribution is 5.74. The van der Waals surface area contributed by atoms with Crippen LogP contribution in [0, 0.1) is 0 Å². The summed E-state index contributed by atoms with van der Waals surface area (Å²) < 4.78 is 10.8. The van der Waals surface area contributed by atoms with Crippen LogP contribution in [0.5, 0.6) is 11.5 Å². The molecule has 0 radical (unpaired) electrons. The summed E-state index contributed by atoms with van der Waals surface area (Å²) >= 11 is 0. The van der Waals surface area contributed by atoms with Crippen molar-refractivity contribution in [2.75, 3.05) is 51.3 Å². The number of ether oxygens (including phenoxy) is 2. The van der Waals surface area contributed by atoms with Gasteiger partial charge in [-0.05, 0) is 47.9 Å². The molecule has 1 aliphatic heterocycles. The average Bonchev–Trinajstić information content (AvgIpc) is 2.77. The monoisotopic (exact) mass is 397 g/mol. The quantitative estimate of drug-likeness (QED) is 0.724. The normalized spacial score (nSPS) is 14.1. The van der Waals surface area contributed by atoms with Crippen molar-refractivity contribution in [3.8, 4) is 11.5 Å². The van der Waals surface area contributed by atoms with Crippen LogP contribution >= 0.6 is 0 Å². The Morgan fingerprint density at radius 2 is 1.59 bits per heavy atom. The predicted molar refractivity (Wildman–Crippen MR) is 116 cm³/mol. The Morgan fingerprint density at radius 1 is 0.966 bits per heavy atom. The molecular formula is C23H31N3O3. The van der Waals surface area contributed by atoms with Crippen LogP contribution in [0.25, 0.3) is 0 Å². The van der Waals surface area contributed by atoms with Gasteiger partial charge in [-0.2, -0.15) is 0 Å². The van der Waals surface area contributed by atoms with Gasteiger partial charge in [0, 0.05) is 31.9 Å². The lowest BCUT2D eigenvalue weighted by Gasteiger charge is -2.36. The number of rotatable bonds is 7. The largest absolute Gasteiger partial charge is 0.497 e. The highest BCUT2D eigenvalue weighted by Crippen LogP contribution is 2.21. The topological polar surface area (TPSA) is 54.0 Å². The standard InChI is InChI=1S/C23H31N3O3/c1-18(2)19-4-6-20(7-5-19)25-13-15-26(16-14-25)23(27)24-12-17-29-22-10-8-21(28-3)9-11-22/h4-11,18H,12-17H2,1-3H3,(H,24,27). The summed E-state index contributed by atoms with van der Waals surface area (Å²) in [5, 5.41) is 2.94. The molecule has 1 N–H and O–H groups in total. The minimum absolute atomic E-state index is 0.0295. The fraction of sp³-hybridized carbons (Fsp3) is 0.435. The molecule has 0 aromatic heterocycles. The van der Waals surface area contributed by atoms with Gasteiger partial charge in [-0.25, -0.2) is 4.79 Å². The number of nitrogens with zero attached hydrogens (tertiary/aromatic N) is 2. The number of hydrogen-bond donors (Lipinski definition) is 1. The molecule has 6 nitrogen and oxygen atoms in total. The van der Waals surface area contributed by atoms with Crippen molar-refractivity contribution in [2.24, 2.45) is 0 Å². The summed E-state index contributed by atoms with van der Waals surface area (Å²) in [5.41, 5.74) is 2.57. The van der Waals surface area contributed by atoms with Crippen LogP contribution < -0.4 is 19.7 Å². The summed E-state index contributed by atoms with van der Waals surface area (Å²) in [7, 11) is 1.63. The van der Waals surface area contributed by atoms with Gasteiger partial charge < -0.3 is 24.6 Å². The van der Waals surface area contributed by atoms with E-state index in [1.807, 2.05) is 29.2 Å². The van der Waals surface area contributed by atoms with Crippen molar-refractivity contribution in [3.63, 3.8) is 0 Å². The Kier molecular flexibility index (Phi) is 7.22. The van der Waals surface area contributed by atoms with Crippen molar-refractivity contribution in [1.29, 1.82) is 0 Å².